The molecule has 0 aliphatic heterocycles. The summed E-state index contributed by atoms with van der Waals surface area (Å²) < 4.78 is 0. The second kappa shape index (κ2) is 7.55. The van der Waals surface area contributed by atoms with Crippen molar-refractivity contribution in [3.63, 3.8) is 0 Å². The number of nitrogens with zero attached hydrogens (tertiary/aromatic N) is 2. The largest absolute Gasteiger partial charge is 0.334 e. The number of rotatable bonds is 6. The molecule has 21 heavy (non-hydrogen) atoms. The molecule has 1 aromatic heterocycles. The maximum absolute atomic E-state index is 12.7. The third-order valence-corrected chi connectivity index (χ3v) is 3.28. The van der Waals surface area contributed by atoms with Crippen LogP contribution in [-0.4, -0.2) is 28.9 Å². The summed E-state index contributed by atoms with van der Waals surface area (Å²) in [5, 5.41) is 0. The molecule has 0 atom stereocenters. The van der Waals surface area contributed by atoms with E-state index in [0.29, 0.717) is 25.2 Å². The number of carbonyl (C=O) groups excluding carboxylic acids is 1. The van der Waals surface area contributed by atoms with Crippen LogP contribution >= 0.6 is 0 Å². The Bertz CT molecular complexity index is 584. The van der Waals surface area contributed by atoms with Gasteiger partial charge >= 0.3 is 0 Å². The normalized spacial score (nSPS) is 10.4. The lowest BCUT2D eigenvalue weighted by molar-refractivity contribution is 0.0742. The molecule has 0 aliphatic rings. The van der Waals surface area contributed by atoms with Crippen LogP contribution in [0, 0.1) is 6.92 Å². The summed E-state index contributed by atoms with van der Waals surface area (Å²) in [6.45, 7) is 3.72. The van der Waals surface area contributed by atoms with Gasteiger partial charge in [0.1, 0.15) is 0 Å². The van der Waals surface area contributed by atoms with Crippen LogP contribution in [0.1, 0.15) is 28.0 Å². The van der Waals surface area contributed by atoms with E-state index in [1.165, 1.54) is 0 Å². The maximum Gasteiger partial charge on any atom is 0.254 e. The Labute approximate surface area is 125 Å². The van der Waals surface area contributed by atoms with Crippen LogP contribution in [0.4, 0.5) is 0 Å². The van der Waals surface area contributed by atoms with E-state index in [0.717, 1.165) is 17.7 Å². The molecule has 2 rings (SSSR count). The van der Waals surface area contributed by atoms with Crippen molar-refractivity contribution in [3.05, 3.63) is 65.5 Å². The molecular weight excluding hydrogens is 262 g/mol. The Morgan fingerprint density at radius 1 is 1.24 bits per heavy atom. The Morgan fingerprint density at radius 3 is 2.67 bits per heavy atom. The first-order valence-corrected chi connectivity index (χ1v) is 7.16. The van der Waals surface area contributed by atoms with Gasteiger partial charge in [-0.2, -0.15) is 0 Å². The summed E-state index contributed by atoms with van der Waals surface area (Å²) in [4.78, 5) is 18.6. The van der Waals surface area contributed by atoms with Crippen LogP contribution in [0.3, 0.4) is 0 Å². The zero-order chi connectivity index (χ0) is 15.1. The average Bonchev–Trinajstić information content (AvgIpc) is 2.51. The monoisotopic (exact) mass is 283 g/mol. The molecule has 0 fully saturated rings. The SMILES string of the molecule is Cc1cc(C(=O)N(CCCN)Cc2ccccc2)ccn1. The Balaban J connectivity index is 2.17. The van der Waals surface area contributed by atoms with Gasteiger partial charge in [-0.15, -0.1) is 0 Å². The smallest absolute Gasteiger partial charge is 0.254 e. The molecule has 1 amide bonds. The Morgan fingerprint density at radius 2 is 2.00 bits per heavy atom. The Kier molecular flexibility index (Phi) is 5.46. The van der Waals surface area contributed by atoms with Crippen LogP contribution in [0.25, 0.3) is 0 Å². The number of aromatic nitrogens is 1. The van der Waals surface area contributed by atoms with Crippen molar-refractivity contribution in [1.82, 2.24) is 9.88 Å². The molecule has 2 N–H and O–H groups in total. The van der Waals surface area contributed by atoms with Gasteiger partial charge in [0, 0.05) is 30.5 Å². The molecule has 2 aromatic rings. The number of benzene rings is 1. The fourth-order valence-corrected chi connectivity index (χ4v) is 2.20. The second-order valence-corrected chi connectivity index (χ2v) is 5.04. The number of aryl methyl sites for hydroxylation is 1. The molecule has 0 spiro atoms. The minimum absolute atomic E-state index is 0.0257. The van der Waals surface area contributed by atoms with Gasteiger partial charge in [0.15, 0.2) is 0 Å². The highest BCUT2D eigenvalue weighted by atomic mass is 16.2. The predicted molar refractivity (Wildman–Crippen MR) is 83.8 cm³/mol. The van der Waals surface area contributed by atoms with E-state index in [1.807, 2.05) is 48.2 Å². The standard InChI is InChI=1S/C17H21N3O/c1-14-12-16(8-10-19-14)17(21)20(11-5-9-18)13-15-6-3-2-4-7-15/h2-4,6-8,10,12H,5,9,11,13,18H2,1H3. The van der Waals surface area contributed by atoms with Gasteiger partial charge < -0.3 is 10.6 Å². The molecule has 0 saturated carbocycles. The number of nitrogens with two attached hydrogens (primary N) is 1. The average molecular weight is 283 g/mol. The topological polar surface area (TPSA) is 59.2 Å². The van der Waals surface area contributed by atoms with Gasteiger partial charge in [0.05, 0.1) is 0 Å². The molecule has 4 nitrogen and oxygen atoms in total. The summed E-state index contributed by atoms with van der Waals surface area (Å²) in [5.74, 6) is 0.0257. The van der Waals surface area contributed by atoms with Crippen molar-refractivity contribution in [2.24, 2.45) is 5.73 Å². The van der Waals surface area contributed by atoms with Gasteiger partial charge in [0.25, 0.3) is 5.91 Å². The first-order valence-electron chi connectivity index (χ1n) is 7.16. The number of hydrogen-bond donors (Lipinski definition) is 1. The lowest BCUT2D eigenvalue weighted by Crippen LogP contribution is -2.32. The van der Waals surface area contributed by atoms with Crippen molar-refractivity contribution >= 4 is 5.91 Å². The van der Waals surface area contributed by atoms with Crippen LogP contribution in [0.2, 0.25) is 0 Å². The first kappa shape index (κ1) is 15.2. The van der Waals surface area contributed by atoms with Crippen LogP contribution < -0.4 is 5.73 Å². The lowest BCUT2D eigenvalue weighted by Gasteiger charge is -2.23. The Hall–Kier alpha value is -2.20. The molecule has 110 valence electrons. The summed E-state index contributed by atoms with van der Waals surface area (Å²) in [6, 6.07) is 13.6. The second-order valence-electron chi connectivity index (χ2n) is 5.04. The van der Waals surface area contributed by atoms with Gasteiger partial charge in [0.2, 0.25) is 0 Å². The van der Waals surface area contributed by atoms with E-state index in [1.54, 1.807) is 12.3 Å². The minimum atomic E-state index is 0.0257. The van der Waals surface area contributed by atoms with Crippen molar-refractivity contribution < 1.29 is 4.79 Å². The predicted octanol–water partition coefficient (Wildman–Crippen LogP) is 2.38. The third kappa shape index (κ3) is 4.39. The van der Waals surface area contributed by atoms with Gasteiger partial charge in [-0.05, 0) is 37.6 Å². The van der Waals surface area contributed by atoms with E-state index < -0.39 is 0 Å². The number of carbonyl (C=O) groups is 1. The molecular formula is C17H21N3O. The van der Waals surface area contributed by atoms with Gasteiger partial charge in [-0.25, -0.2) is 0 Å². The van der Waals surface area contributed by atoms with Gasteiger partial charge in [-0.1, -0.05) is 30.3 Å². The van der Waals surface area contributed by atoms with E-state index in [4.69, 9.17) is 5.73 Å². The van der Waals surface area contributed by atoms with Crippen molar-refractivity contribution in [1.29, 1.82) is 0 Å². The summed E-state index contributed by atoms with van der Waals surface area (Å²) in [7, 11) is 0. The molecule has 1 aromatic carbocycles. The fourth-order valence-electron chi connectivity index (χ4n) is 2.20. The van der Waals surface area contributed by atoms with Crippen molar-refractivity contribution in [2.45, 2.75) is 19.9 Å². The van der Waals surface area contributed by atoms with E-state index in [2.05, 4.69) is 4.98 Å². The highest BCUT2D eigenvalue weighted by molar-refractivity contribution is 5.94. The number of hydrogen-bond acceptors (Lipinski definition) is 3. The molecule has 0 saturated heterocycles. The zero-order valence-electron chi connectivity index (χ0n) is 12.3. The molecule has 4 heteroatoms. The van der Waals surface area contributed by atoms with E-state index >= 15 is 0 Å². The lowest BCUT2D eigenvalue weighted by atomic mass is 10.1. The molecule has 0 bridgehead atoms. The van der Waals surface area contributed by atoms with Gasteiger partial charge in [-0.3, -0.25) is 9.78 Å². The number of amides is 1. The quantitative estimate of drug-likeness (QED) is 0.885. The summed E-state index contributed by atoms with van der Waals surface area (Å²) >= 11 is 0. The molecule has 0 radical (unpaired) electrons. The zero-order valence-corrected chi connectivity index (χ0v) is 12.3. The van der Waals surface area contributed by atoms with Crippen LogP contribution in [0.5, 0.6) is 0 Å². The first-order chi connectivity index (χ1) is 10.2. The maximum atomic E-state index is 12.7. The molecule has 0 unspecified atom stereocenters. The molecule has 1 heterocycles. The summed E-state index contributed by atoms with van der Waals surface area (Å²) in [5.41, 5.74) is 8.23. The van der Waals surface area contributed by atoms with E-state index in [-0.39, 0.29) is 5.91 Å². The summed E-state index contributed by atoms with van der Waals surface area (Å²) in [6.07, 6.45) is 2.47. The van der Waals surface area contributed by atoms with E-state index in [9.17, 15) is 4.79 Å². The van der Waals surface area contributed by atoms with Crippen molar-refractivity contribution in [2.75, 3.05) is 13.1 Å². The molecule has 0 aliphatic carbocycles. The van der Waals surface area contributed by atoms with Crippen LogP contribution in [-0.2, 0) is 6.54 Å². The third-order valence-electron chi connectivity index (χ3n) is 3.28. The highest BCUT2D eigenvalue weighted by Crippen LogP contribution is 2.11. The minimum Gasteiger partial charge on any atom is -0.334 e. The van der Waals surface area contributed by atoms with Crippen LogP contribution in [0.15, 0.2) is 48.7 Å². The highest BCUT2D eigenvalue weighted by Gasteiger charge is 2.16. The van der Waals surface area contributed by atoms with Crippen molar-refractivity contribution in [3.8, 4) is 0 Å². The number of pyridine rings is 1. The fraction of sp³-hybridized carbons (Fsp3) is 0.294.